The van der Waals surface area contributed by atoms with Gasteiger partial charge in [0.2, 0.25) is 0 Å². The van der Waals surface area contributed by atoms with Gasteiger partial charge in [-0.1, -0.05) is 27.5 Å². The van der Waals surface area contributed by atoms with Gasteiger partial charge in [0.05, 0.1) is 12.7 Å². The van der Waals surface area contributed by atoms with Crippen LogP contribution < -0.4 is 5.32 Å². The van der Waals surface area contributed by atoms with Gasteiger partial charge in [-0.3, -0.25) is 0 Å². The summed E-state index contributed by atoms with van der Waals surface area (Å²) in [6, 6.07) is 4.00. The number of benzene rings is 1. The Morgan fingerprint density at radius 1 is 1.53 bits per heavy atom. The summed E-state index contributed by atoms with van der Waals surface area (Å²) in [5.41, 5.74) is 2.27. The van der Waals surface area contributed by atoms with Gasteiger partial charge in [0.25, 0.3) is 0 Å². The molecule has 1 heterocycles. The van der Waals surface area contributed by atoms with E-state index in [1.807, 2.05) is 13.0 Å². The van der Waals surface area contributed by atoms with E-state index >= 15 is 0 Å². The van der Waals surface area contributed by atoms with Crippen LogP contribution in [0, 0.1) is 6.92 Å². The van der Waals surface area contributed by atoms with Crippen LogP contribution in [0.1, 0.15) is 17.2 Å². The van der Waals surface area contributed by atoms with Crippen LogP contribution >= 0.6 is 27.5 Å². The summed E-state index contributed by atoms with van der Waals surface area (Å²) < 4.78 is 6.71. The molecule has 1 aliphatic heterocycles. The number of morpholine rings is 1. The molecular formula is C11H13BrClNO. The van der Waals surface area contributed by atoms with E-state index in [0.717, 1.165) is 34.8 Å². The van der Waals surface area contributed by atoms with Crippen molar-refractivity contribution in [2.75, 3.05) is 19.7 Å². The number of halogens is 2. The van der Waals surface area contributed by atoms with Gasteiger partial charge in [-0.2, -0.15) is 0 Å². The van der Waals surface area contributed by atoms with Crippen LogP contribution in [0.3, 0.4) is 0 Å². The second-order valence-corrected chi connectivity index (χ2v) is 4.99. The Kier molecular flexibility index (Phi) is 3.67. The number of ether oxygens (including phenoxy) is 1. The van der Waals surface area contributed by atoms with E-state index in [9.17, 15) is 0 Å². The molecule has 0 spiro atoms. The second kappa shape index (κ2) is 4.83. The van der Waals surface area contributed by atoms with Crippen molar-refractivity contribution in [3.8, 4) is 0 Å². The minimum Gasteiger partial charge on any atom is -0.371 e. The van der Waals surface area contributed by atoms with Crippen LogP contribution in [-0.2, 0) is 4.74 Å². The van der Waals surface area contributed by atoms with E-state index < -0.39 is 0 Å². The molecule has 1 atom stereocenters. The Bertz CT molecular complexity index is 364. The van der Waals surface area contributed by atoms with Crippen LogP contribution in [0.4, 0.5) is 0 Å². The molecule has 1 N–H and O–H groups in total. The van der Waals surface area contributed by atoms with Gasteiger partial charge >= 0.3 is 0 Å². The molecule has 1 aliphatic rings. The Morgan fingerprint density at radius 3 is 3.00 bits per heavy atom. The van der Waals surface area contributed by atoms with E-state index in [1.54, 1.807) is 0 Å². The summed E-state index contributed by atoms with van der Waals surface area (Å²) in [5.74, 6) is 0. The molecule has 15 heavy (non-hydrogen) atoms. The molecule has 0 amide bonds. The molecule has 0 radical (unpaired) electrons. The lowest BCUT2D eigenvalue weighted by Crippen LogP contribution is -2.33. The maximum absolute atomic E-state index is 6.13. The molecule has 0 aromatic heterocycles. The topological polar surface area (TPSA) is 21.3 Å². The monoisotopic (exact) mass is 289 g/mol. The number of hydrogen-bond acceptors (Lipinski definition) is 2. The van der Waals surface area contributed by atoms with E-state index in [1.165, 1.54) is 5.56 Å². The Morgan fingerprint density at radius 2 is 2.33 bits per heavy atom. The quantitative estimate of drug-likeness (QED) is 0.858. The third-order valence-electron chi connectivity index (χ3n) is 2.62. The number of hydrogen-bond donors (Lipinski definition) is 1. The summed E-state index contributed by atoms with van der Waals surface area (Å²) in [6.07, 6.45) is 0.119. The van der Waals surface area contributed by atoms with Crippen LogP contribution in [0.15, 0.2) is 16.6 Å². The molecule has 4 heteroatoms. The average Bonchev–Trinajstić information content (AvgIpc) is 2.24. The van der Waals surface area contributed by atoms with E-state index in [0.29, 0.717) is 0 Å². The largest absolute Gasteiger partial charge is 0.371 e. The highest BCUT2D eigenvalue weighted by molar-refractivity contribution is 9.10. The van der Waals surface area contributed by atoms with Crippen LogP contribution in [0.5, 0.6) is 0 Å². The first-order valence-corrected chi connectivity index (χ1v) is 6.13. The standard InChI is InChI=1S/C11H13BrClNO/c1-7-9(4-8(12)5-10(7)13)11-6-14-2-3-15-11/h4-5,11,14H,2-3,6H2,1H3. The van der Waals surface area contributed by atoms with Crippen molar-refractivity contribution in [3.05, 3.63) is 32.8 Å². The predicted octanol–water partition coefficient (Wildman–Crippen LogP) is 3.07. The fraction of sp³-hybridized carbons (Fsp3) is 0.455. The normalized spacial score (nSPS) is 21.7. The molecule has 1 aromatic rings. The lowest BCUT2D eigenvalue weighted by molar-refractivity contribution is 0.0273. The predicted molar refractivity (Wildman–Crippen MR) is 65.5 cm³/mol. The maximum atomic E-state index is 6.13. The minimum atomic E-state index is 0.119. The zero-order valence-corrected chi connectivity index (χ0v) is 10.9. The van der Waals surface area contributed by atoms with Crippen molar-refractivity contribution in [2.24, 2.45) is 0 Å². The summed E-state index contributed by atoms with van der Waals surface area (Å²) >= 11 is 9.59. The van der Waals surface area contributed by atoms with Crippen molar-refractivity contribution in [3.63, 3.8) is 0 Å². The highest BCUT2D eigenvalue weighted by atomic mass is 79.9. The first kappa shape index (κ1) is 11.4. The van der Waals surface area contributed by atoms with Gasteiger partial charge in [-0.05, 0) is 30.2 Å². The first-order valence-electron chi connectivity index (χ1n) is 4.96. The number of rotatable bonds is 1. The first-order chi connectivity index (χ1) is 7.18. The maximum Gasteiger partial charge on any atom is 0.0953 e. The minimum absolute atomic E-state index is 0.119. The zero-order chi connectivity index (χ0) is 10.8. The summed E-state index contributed by atoms with van der Waals surface area (Å²) in [7, 11) is 0. The summed E-state index contributed by atoms with van der Waals surface area (Å²) in [6.45, 7) is 4.57. The highest BCUT2D eigenvalue weighted by Gasteiger charge is 2.19. The fourth-order valence-corrected chi connectivity index (χ4v) is 2.60. The van der Waals surface area contributed by atoms with Crippen molar-refractivity contribution in [2.45, 2.75) is 13.0 Å². The van der Waals surface area contributed by atoms with Gasteiger partial charge < -0.3 is 10.1 Å². The Balaban J connectivity index is 2.33. The number of nitrogens with one attached hydrogen (secondary N) is 1. The van der Waals surface area contributed by atoms with E-state index in [2.05, 4.69) is 27.3 Å². The fourth-order valence-electron chi connectivity index (χ4n) is 1.77. The highest BCUT2D eigenvalue weighted by Crippen LogP contribution is 2.30. The van der Waals surface area contributed by atoms with E-state index in [4.69, 9.17) is 16.3 Å². The van der Waals surface area contributed by atoms with Gasteiger partial charge in [0.15, 0.2) is 0 Å². The van der Waals surface area contributed by atoms with Gasteiger partial charge in [0, 0.05) is 22.6 Å². The molecule has 82 valence electrons. The van der Waals surface area contributed by atoms with E-state index in [-0.39, 0.29) is 6.10 Å². The average molecular weight is 291 g/mol. The summed E-state index contributed by atoms with van der Waals surface area (Å²) in [5, 5.41) is 4.10. The van der Waals surface area contributed by atoms with Crippen molar-refractivity contribution in [1.82, 2.24) is 5.32 Å². The molecule has 0 bridgehead atoms. The van der Waals surface area contributed by atoms with Crippen molar-refractivity contribution < 1.29 is 4.74 Å². The zero-order valence-electron chi connectivity index (χ0n) is 8.52. The third-order valence-corrected chi connectivity index (χ3v) is 3.47. The SMILES string of the molecule is Cc1c(Cl)cc(Br)cc1C1CNCCO1. The van der Waals surface area contributed by atoms with Gasteiger partial charge in [-0.15, -0.1) is 0 Å². The molecule has 1 aromatic carbocycles. The van der Waals surface area contributed by atoms with Crippen LogP contribution in [0.25, 0.3) is 0 Å². The molecule has 2 nitrogen and oxygen atoms in total. The smallest absolute Gasteiger partial charge is 0.0953 e. The lowest BCUT2D eigenvalue weighted by atomic mass is 10.0. The van der Waals surface area contributed by atoms with Crippen molar-refractivity contribution >= 4 is 27.5 Å². The molecular weight excluding hydrogens is 277 g/mol. The third kappa shape index (κ3) is 2.53. The molecule has 1 saturated heterocycles. The molecule has 0 saturated carbocycles. The molecule has 2 rings (SSSR count). The van der Waals surface area contributed by atoms with Gasteiger partial charge in [-0.25, -0.2) is 0 Å². The second-order valence-electron chi connectivity index (χ2n) is 3.67. The van der Waals surface area contributed by atoms with Crippen LogP contribution in [-0.4, -0.2) is 19.7 Å². The Hall–Kier alpha value is -0.0900. The van der Waals surface area contributed by atoms with Crippen LogP contribution in [0.2, 0.25) is 5.02 Å². The summed E-state index contributed by atoms with van der Waals surface area (Å²) in [4.78, 5) is 0. The molecule has 1 unspecified atom stereocenters. The molecule has 1 fully saturated rings. The Labute approximate surface area is 103 Å². The van der Waals surface area contributed by atoms with Crippen molar-refractivity contribution in [1.29, 1.82) is 0 Å². The molecule has 0 aliphatic carbocycles. The lowest BCUT2D eigenvalue weighted by Gasteiger charge is -2.25. The van der Waals surface area contributed by atoms with Gasteiger partial charge in [0.1, 0.15) is 0 Å².